The topological polar surface area (TPSA) is 36.9 Å². The molecule has 5 heteroatoms. The minimum Gasteiger partial charge on any atom is -0.455 e. The highest BCUT2D eigenvalue weighted by Gasteiger charge is 2.14. The number of benzene rings is 2. The van der Waals surface area contributed by atoms with Crippen LogP contribution in [0.25, 0.3) is 22.3 Å². The maximum absolute atomic E-state index is 9.41. The van der Waals surface area contributed by atoms with E-state index in [0.717, 1.165) is 5.39 Å². The Balaban J connectivity index is 2.39. The molecule has 0 spiro atoms. The number of hydrogen-bond acceptors (Lipinski definition) is 3. The van der Waals surface area contributed by atoms with E-state index in [-0.39, 0.29) is 0 Å². The van der Waals surface area contributed by atoms with Crippen molar-refractivity contribution >= 4 is 46.4 Å². The van der Waals surface area contributed by atoms with E-state index in [1.807, 2.05) is 24.3 Å². The molecule has 0 fully saturated rings. The van der Waals surface area contributed by atoms with Crippen molar-refractivity contribution in [2.24, 2.45) is 0 Å². The average molecular weight is 332 g/mol. The summed E-state index contributed by atoms with van der Waals surface area (Å²) in [5.41, 5.74) is 1.61. The van der Waals surface area contributed by atoms with Gasteiger partial charge in [0.25, 0.3) is 0 Å². The molecule has 0 N–H and O–H groups in total. The Morgan fingerprint density at radius 1 is 1.05 bits per heavy atom. The summed E-state index contributed by atoms with van der Waals surface area (Å²) in [6.45, 7) is 0. The maximum atomic E-state index is 9.41. The molecule has 0 bridgehead atoms. The average Bonchev–Trinajstić information content (AvgIpc) is 2.50. The highest BCUT2D eigenvalue weighted by molar-refractivity contribution is 7.71. The maximum Gasteiger partial charge on any atom is 0.153 e. The molecule has 3 aromatic rings. The second kappa shape index (κ2) is 5.50. The normalized spacial score (nSPS) is 10.5. The van der Waals surface area contributed by atoms with E-state index >= 15 is 0 Å². The third kappa shape index (κ3) is 2.43. The van der Waals surface area contributed by atoms with Crippen LogP contribution in [-0.4, -0.2) is 0 Å². The van der Waals surface area contributed by atoms with Gasteiger partial charge in [0, 0.05) is 10.9 Å². The molecule has 2 aromatic carbocycles. The Morgan fingerprint density at radius 3 is 2.52 bits per heavy atom. The first-order valence-electron chi connectivity index (χ1n) is 6.03. The molecular weight excluding hydrogens is 325 g/mol. The van der Waals surface area contributed by atoms with Crippen molar-refractivity contribution < 1.29 is 4.42 Å². The van der Waals surface area contributed by atoms with E-state index in [4.69, 9.17) is 39.8 Å². The van der Waals surface area contributed by atoms with Crippen molar-refractivity contribution in [1.82, 2.24) is 0 Å². The standard InChI is InChI=1S/C16H7Cl2NOS/c17-12-6-5-9(7-13(12)18)15-11(8-19)16(21)10-3-1-2-4-14(10)20-15/h1-7H. The van der Waals surface area contributed by atoms with Gasteiger partial charge in [0.05, 0.1) is 14.6 Å². The number of rotatable bonds is 1. The van der Waals surface area contributed by atoms with E-state index in [1.165, 1.54) is 0 Å². The fourth-order valence-electron chi connectivity index (χ4n) is 2.08. The Kier molecular flexibility index (Phi) is 3.69. The van der Waals surface area contributed by atoms with Crippen molar-refractivity contribution in [2.45, 2.75) is 0 Å². The zero-order valence-corrected chi connectivity index (χ0v) is 12.9. The summed E-state index contributed by atoms with van der Waals surface area (Å²) in [6, 6.07) is 14.5. The molecule has 0 atom stereocenters. The third-order valence-electron chi connectivity index (χ3n) is 3.09. The zero-order valence-electron chi connectivity index (χ0n) is 10.6. The summed E-state index contributed by atoms with van der Waals surface area (Å²) in [5.74, 6) is 0.403. The lowest BCUT2D eigenvalue weighted by Crippen LogP contribution is -1.88. The monoisotopic (exact) mass is 331 g/mol. The van der Waals surface area contributed by atoms with E-state index in [9.17, 15) is 5.26 Å². The van der Waals surface area contributed by atoms with Gasteiger partial charge in [-0.2, -0.15) is 5.26 Å². The SMILES string of the molecule is N#Cc1c(-c2ccc(Cl)c(Cl)c2)oc2ccccc2c1=S. The van der Waals surface area contributed by atoms with Crippen LogP contribution in [0.1, 0.15) is 5.56 Å². The van der Waals surface area contributed by atoms with Crippen LogP contribution in [0, 0.1) is 15.8 Å². The summed E-state index contributed by atoms with van der Waals surface area (Å²) in [7, 11) is 0. The molecule has 3 rings (SSSR count). The van der Waals surface area contributed by atoms with Crippen molar-refractivity contribution in [3.63, 3.8) is 0 Å². The predicted octanol–water partition coefficient (Wildman–Crippen LogP) is 6.01. The summed E-state index contributed by atoms with van der Waals surface area (Å²) in [6.07, 6.45) is 0. The smallest absolute Gasteiger partial charge is 0.153 e. The molecule has 0 saturated heterocycles. The lowest BCUT2D eigenvalue weighted by molar-refractivity contribution is 0.618. The Morgan fingerprint density at radius 2 is 1.81 bits per heavy atom. The van der Waals surface area contributed by atoms with E-state index in [0.29, 0.717) is 37.0 Å². The number of para-hydroxylation sites is 1. The Hall–Kier alpha value is -1.86. The lowest BCUT2D eigenvalue weighted by atomic mass is 10.1. The molecule has 1 heterocycles. The van der Waals surface area contributed by atoms with Gasteiger partial charge in [0.15, 0.2) is 5.76 Å². The Bertz CT molecular complexity index is 957. The van der Waals surface area contributed by atoms with Crippen LogP contribution in [0.3, 0.4) is 0 Å². The quantitative estimate of drug-likeness (QED) is 0.512. The number of nitriles is 1. The van der Waals surface area contributed by atoms with Crippen molar-refractivity contribution in [3.05, 3.63) is 62.6 Å². The van der Waals surface area contributed by atoms with Gasteiger partial charge in [-0.25, -0.2) is 0 Å². The van der Waals surface area contributed by atoms with Crippen LogP contribution >= 0.6 is 35.4 Å². The summed E-state index contributed by atoms with van der Waals surface area (Å²) in [5, 5.41) is 11.0. The number of halogens is 2. The first kappa shape index (κ1) is 14.1. The van der Waals surface area contributed by atoms with Crippen LogP contribution in [0.4, 0.5) is 0 Å². The van der Waals surface area contributed by atoms with Crippen LogP contribution in [-0.2, 0) is 0 Å². The van der Waals surface area contributed by atoms with Gasteiger partial charge in [0.1, 0.15) is 17.2 Å². The molecule has 102 valence electrons. The summed E-state index contributed by atoms with van der Waals surface area (Å²) in [4.78, 5) is 0. The third-order valence-corrected chi connectivity index (χ3v) is 4.25. The fourth-order valence-corrected chi connectivity index (χ4v) is 2.69. The zero-order chi connectivity index (χ0) is 15.0. The molecule has 0 aliphatic rings. The van der Waals surface area contributed by atoms with Gasteiger partial charge in [-0.3, -0.25) is 0 Å². The van der Waals surface area contributed by atoms with Crippen LogP contribution < -0.4 is 0 Å². The molecule has 21 heavy (non-hydrogen) atoms. The highest BCUT2D eigenvalue weighted by atomic mass is 35.5. The first-order valence-corrected chi connectivity index (χ1v) is 7.19. The van der Waals surface area contributed by atoms with E-state index in [1.54, 1.807) is 18.2 Å². The van der Waals surface area contributed by atoms with Crippen LogP contribution in [0.15, 0.2) is 46.9 Å². The minimum absolute atomic E-state index is 0.321. The van der Waals surface area contributed by atoms with Crippen molar-refractivity contribution in [3.8, 4) is 17.4 Å². The minimum atomic E-state index is 0.321. The largest absolute Gasteiger partial charge is 0.455 e. The molecule has 0 saturated carbocycles. The van der Waals surface area contributed by atoms with Crippen LogP contribution in [0.5, 0.6) is 0 Å². The van der Waals surface area contributed by atoms with Crippen molar-refractivity contribution in [2.75, 3.05) is 0 Å². The van der Waals surface area contributed by atoms with E-state index < -0.39 is 0 Å². The lowest BCUT2D eigenvalue weighted by Gasteiger charge is -2.07. The van der Waals surface area contributed by atoms with Gasteiger partial charge in [0.2, 0.25) is 0 Å². The van der Waals surface area contributed by atoms with Crippen molar-refractivity contribution in [1.29, 1.82) is 5.26 Å². The van der Waals surface area contributed by atoms with Gasteiger partial charge >= 0.3 is 0 Å². The Labute approximate surface area is 136 Å². The van der Waals surface area contributed by atoms with Gasteiger partial charge in [-0.1, -0.05) is 47.6 Å². The number of hydrogen-bond donors (Lipinski definition) is 0. The molecular formula is C16H7Cl2NOS. The highest BCUT2D eigenvalue weighted by Crippen LogP contribution is 2.33. The molecule has 0 amide bonds. The second-order valence-corrected chi connectivity index (χ2v) is 5.59. The van der Waals surface area contributed by atoms with Gasteiger partial charge in [-0.15, -0.1) is 0 Å². The molecule has 0 aliphatic carbocycles. The molecule has 0 radical (unpaired) electrons. The predicted molar refractivity (Wildman–Crippen MR) is 87.2 cm³/mol. The summed E-state index contributed by atoms with van der Waals surface area (Å²) < 4.78 is 6.33. The molecule has 0 unspecified atom stereocenters. The summed E-state index contributed by atoms with van der Waals surface area (Å²) >= 11 is 17.4. The van der Waals surface area contributed by atoms with E-state index in [2.05, 4.69) is 6.07 Å². The number of fused-ring (bicyclic) bond motifs is 1. The van der Waals surface area contributed by atoms with Gasteiger partial charge < -0.3 is 4.42 Å². The fraction of sp³-hybridized carbons (Fsp3) is 0. The molecule has 2 nitrogen and oxygen atoms in total. The van der Waals surface area contributed by atoms with Gasteiger partial charge in [-0.05, 0) is 30.3 Å². The van der Waals surface area contributed by atoms with Crippen LogP contribution in [0.2, 0.25) is 10.0 Å². The molecule has 1 aromatic heterocycles. The molecule has 0 aliphatic heterocycles. The first-order chi connectivity index (χ1) is 10.1. The number of nitrogens with zero attached hydrogens (tertiary/aromatic N) is 1. The second-order valence-electron chi connectivity index (χ2n) is 4.37.